The fraction of sp³-hybridized carbons (Fsp3) is 0.111. The number of cyclic esters (lactones) is 1. The van der Waals surface area contributed by atoms with Gasteiger partial charge in [0.05, 0.1) is 10.6 Å². The van der Waals surface area contributed by atoms with Crippen LogP contribution in [0.3, 0.4) is 0 Å². The lowest BCUT2D eigenvalue weighted by molar-refractivity contribution is -0.129. The van der Waals surface area contributed by atoms with Gasteiger partial charge in [0.25, 0.3) is 0 Å². The Morgan fingerprint density at radius 2 is 1.79 bits per heavy atom. The van der Waals surface area contributed by atoms with Crippen molar-refractivity contribution in [2.45, 2.75) is 0 Å². The number of nitrogens with zero attached hydrogens (tertiary/aromatic N) is 2. The van der Waals surface area contributed by atoms with E-state index in [1.165, 1.54) is 0 Å². The monoisotopic (exact) mass is 360 g/mol. The summed E-state index contributed by atoms with van der Waals surface area (Å²) in [5.41, 5.74) is 2.69. The zero-order chi connectivity index (χ0) is 17.3. The van der Waals surface area contributed by atoms with Gasteiger partial charge in [-0.25, -0.2) is 9.79 Å². The number of halogens is 2. The van der Waals surface area contributed by atoms with Crippen molar-refractivity contribution in [1.29, 1.82) is 0 Å². The molecule has 2 aromatic rings. The molecule has 0 atom stereocenters. The number of aliphatic imine (C=N–C) groups is 1. The Morgan fingerprint density at radius 1 is 1.08 bits per heavy atom. The maximum Gasteiger partial charge on any atom is 0.363 e. The van der Waals surface area contributed by atoms with Crippen LogP contribution in [-0.2, 0) is 9.53 Å². The number of carbonyl (C=O) groups excluding carboxylic acids is 1. The van der Waals surface area contributed by atoms with Crippen molar-refractivity contribution in [2.24, 2.45) is 4.99 Å². The summed E-state index contributed by atoms with van der Waals surface area (Å²) in [7, 11) is 3.93. The van der Waals surface area contributed by atoms with Crippen LogP contribution in [-0.4, -0.2) is 26.0 Å². The molecule has 0 fully saturated rings. The highest BCUT2D eigenvalue weighted by molar-refractivity contribution is 6.37. The van der Waals surface area contributed by atoms with Gasteiger partial charge in [-0.3, -0.25) is 0 Å². The third-order valence-electron chi connectivity index (χ3n) is 3.49. The molecule has 2 aromatic carbocycles. The Kier molecular flexibility index (Phi) is 4.60. The molecule has 0 saturated heterocycles. The molecule has 0 aliphatic carbocycles. The minimum atomic E-state index is -0.507. The summed E-state index contributed by atoms with van der Waals surface area (Å²) in [5.74, 6) is -0.328. The van der Waals surface area contributed by atoms with Crippen LogP contribution in [0.15, 0.2) is 53.2 Å². The van der Waals surface area contributed by atoms with Gasteiger partial charge in [-0.05, 0) is 42.0 Å². The minimum absolute atomic E-state index is 0.179. The summed E-state index contributed by atoms with van der Waals surface area (Å²) in [6.45, 7) is 0. The molecule has 122 valence electrons. The minimum Gasteiger partial charge on any atom is -0.402 e. The highest BCUT2D eigenvalue weighted by atomic mass is 35.5. The molecule has 0 spiro atoms. The highest BCUT2D eigenvalue weighted by Crippen LogP contribution is 2.26. The van der Waals surface area contributed by atoms with Gasteiger partial charge < -0.3 is 9.64 Å². The largest absolute Gasteiger partial charge is 0.402 e. The Morgan fingerprint density at radius 3 is 2.42 bits per heavy atom. The fourth-order valence-electron chi connectivity index (χ4n) is 2.21. The lowest BCUT2D eigenvalue weighted by Crippen LogP contribution is -2.08. The first kappa shape index (κ1) is 16.6. The highest BCUT2D eigenvalue weighted by Gasteiger charge is 2.25. The molecule has 0 aromatic heterocycles. The second-order valence-corrected chi connectivity index (χ2v) is 6.29. The first-order valence-corrected chi connectivity index (χ1v) is 7.95. The summed E-state index contributed by atoms with van der Waals surface area (Å²) in [4.78, 5) is 18.3. The topological polar surface area (TPSA) is 41.9 Å². The number of benzene rings is 2. The quantitative estimate of drug-likeness (QED) is 0.601. The average Bonchev–Trinajstić information content (AvgIpc) is 2.88. The van der Waals surface area contributed by atoms with E-state index in [1.807, 2.05) is 43.3 Å². The Hall–Kier alpha value is -2.30. The van der Waals surface area contributed by atoms with E-state index in [9.17, 15) is 4.79 Å². The van der Waals surface area contributed by atoms with Gasteiger partial charge in [0.15, 0.2) is 5.70 Å². The van der Waals surface area contributed by atoms with E-state index in [0.29, 0.717) is 15.6 Å². The predicted molar refractivity (Wildman–Crippen MR) is 97.8 cm³/mol. The van der Waals surface area contributed by atoms with Crippen molar-refractivity contribution in [3.63, 3.8) is 0 Å². The van der Waals surface area contributed by atoms with Gasteiger partial charge in [-0.1, -0.05) is 35.3 Å². The summed E-state index contributed by atoms with van der Waals surface area (Å²) in [5, 5.41) is 0.885. The number of ether oxygens (including phenoxy) is 1. The molecule has 0 unspecified atom stereocenters. The van der Waals surface area contributed by atoms with Crippen molar-refractivity contribution >= 4 is 46.8 Å². The molecule has 1 aliphatic rings. The molecule has 24 heavy (non-hydrogen) atoms. The van der Waals surface area contributed by atoms with Crippen molar-refractivity contribution in [3.05, 3.63) is 69.3 Å². The van der Waals surface area contributed by atoms with Crippen LogP contribution in [0, 0.1) is 0 Å². The molecule has 3 rings (SSSR count). The van der Waals surface area contributed by atoms with Crippen molar-refractivity contribution in [2.75, 3.05) is 19.0 Å². The molecule has 0 saturated carbocycles. The molecule has 0 radical (unpaired) electrons. The first-order chi connectivity index (χ1) is 11.4. The Bertz CT molecular complexity index is 856. The molecule has 0 N–H and O–H groups in total. The summed E-state index contributed by atoms with van der Waals surface area (Å²) in [6.07, 6.45) is 1.68. The number of rotatable bonds is 3. The van der Waals surface area contributed by atoms with Gasteiger partial charge in [-0.15, -0.1) is 0 Å². The van der Waals surface area contributed by atoms with Crippen molar-refractivity contribution in [3.8, 4) is 0 Å². The number of anilines is 1. The van der Waals surface area contributed by atoms with E-state index >= 15 is 0 Å². The molecule has 0 bridgehead atoms. The van der Waals surface area contributed by atoms with Crippen LogP contribution in [0.2, 0.25) is 10.0 Å². The first-order valence-electron chi connectivity index (χ1n) is 7.19. The number of hydrogen-bond acceptors (Lipinski definition) is 4. The smallest absolute Gasteiger partial charge is 0.363 e. The van der Waals surface area contributed by atoms with Gasteiger partial charge >= 0.3 is 5.97 Å². The second kappa shape index (κ2) is 6.67. The van der Waals surface area contributed by atoms with Crippen LogP contribution in [0.5, 0.6) is 0 Å². The Labute approximate surface area is 150 Å². The van der Waals surface area contributed by atoms with Gasteiger partial charge in [0, 0.05) is 24.8 Å². The zero-order valence-corrected chi connectivity index (χ0v) is 14.6. The van der Waals surface area contributed by atoms with E-state index in [-0.39, 0.29) is 11.6 Å². The van der Waals surface area contributed by atoms with Crippen molar-refractivity contribution in [1.82, 2.24) is 0 Å². The zero-order valence-electron chi connectivity index (χ0n) is 13.1. The van der Waals surface area contributed by atoms with Crippen LogP contribution in [0.4, 0.5) is 5.69 Å². The van der Waals surface area contributed by atoms with Gasteiger partial charge in [-0.2, -0.15) is 0 Å². The molecule has 4 nitrogen and oxygen atoms in total. The molecule has 6 heteroatoms. The van der Waals surface area contributed by atoms with E-state index in [2.05, 4.69) is 4.99 Å². The van der Waals surface area contributed by atoms with Crippen LogP contribution in [0.25, 0.3) is 6.08 Å². The molecule has 1 heterocycles. The Balaban J connectivity index is 1.91. The van der Waals surface area contributed by atoms with E-state index in [1.54, 1.807) is 24.3 Å². The van der Waals surface area contributed by atoms with Gasteiger partial charge in [0.1, 0.15) is 0 Å². The SMILES string of the molecule is CN(C)c1ccc(C=C2N=C(c3ccc(Cl)cc3Cl)OC2=O)cc1. The summed E-state index contributed by atoms with van der Waals surface area (Å²) in [6, 6.07) is 12.7. The predicted octanol–water partition coefficient (Wildman–Crippen LogP) is 4.40. The molecular formula is C18H14Cl2N2O2. The number of esters is 1. The van der Waals surface area contributed by atoms with Crippen LogP contribution >= 0.6 is 23.2 Å². The van der Waals surface area contributed by atoms with Crippen molar-refractivity contribution < 1.29 is 9.53 Å². The van der Waals surface area contributed by atoms with Gasteiger partial charge in [0.2, 0.25) is 5.90 Å². The maximum absolute atomic E-state index is 12.0. The lowest BCUT2D eigenvalue weighted by Gasteiger charge is -2.11. The molecule has 1 aliphatic heterocycles. The van der Waals surface area contributed by atoms with Crippen LogP contribution in [0.1, 0.15) is 11.1 Å². The van der Waals surface area contributed by atoms with E-state index in [0.717, 1.165) is 11.3 Å². The third kappa shape index (κ3) is 3.45. The molecular weight excluding hydrogens is 347 g/mol. The summed E-state index contributed by atoms with van der Waals surface area (Å²) >= 11 is 12.0. The second-order valence-electron chi connectivity index (χ2n) is 5.45. The fourth-order valence-corrected chi connectivity index (χ4v) is 2.70. The van der Waals surface area contributed by atoms with E-state index < -0.39 is 5.97 Å². The average molecular weight is 361 g/mol. The van der Waals surface area contributed by atoms with Crippen LogP contribution < -0.4 is 4.90 Å². The number of hydrogen-bond donors (Lipinski definition) is 0. The maximum atomic E-state index is 12.0. The van der Waals surface area contributed by atoms with E-state index in [4.69, 9.17) is 27.9 Å². The molecule has 0 amide bonds. The summed E-state index contributed by atoms with van der Waals surface area (Å²) < 4.78 is 5.22. The third-order valence-corrected chi connectivity index (χ3v) is 4.04. The normalized spacial score (nSPS) is 15.4. The number of carbonyl (C=O) groups is 1. The standard InChI is InChI=1S/C18H14Cl2N2O2/c1-22(2)13-6-3-11(4-7-13)9-16-18(23)24-17(21-16)14-8-5-12(19)10-15(14)20/h3-10H,1-2H3. The lowest BCUT2D eigenvalue weighted by atomic mass is 10.1.